The summed E-state index contributed by atoms with van der Waals surface area (Å²) < 4.78 is 8.27. The number of aryl methyl sites for hydroxylation is 2. The number of benzene rings is 3. The first-order valence-corrected chi connectivity index (χ1v) is 14.0. The van der Waals surface area contributed by atoms with E-state index in [1.807, 2.05) is 24.3 Å². The van der Waals surface area contributed by atoms with Crippen LogP contribution in [0.5, 0.6) is 5.75 Å². The number of carbonyl (C=O) groups is 1. The molecule has 0 bridgehead atoms. The summed E-state index contributed by atoms with van der Waals surface area (Å²) in [5.74, 6) is 2.35. The van der Waals surface area contributed by atoms with Crippen LogP contribution in [0.2, 0.25) is 5.02 Å². The average Bonchev–Trinajstić information content (AvgIpc) is 3.30. The summed E-state index contributed by atoms with van der Waals surface area (Å²) in [6.07, 6.45) is 4.06. The summed E-state index contributed by atoms with van der Waals surface area (Å²) in [5.41, 5.74) is 4.56. The summed E-state index contributed by atoms with van der Waals surface area (Å²) in [4.78, 5) is 20.5. The fraction of sp³-hybridized carbons (Fsp3) is 0.375. The lowest BCUT2D eigenvalue weighted by molar-refractivity contribution is -0.137. The molecule has 3 aromatic carbocycles. The third kappa shape index (κ3) is 6.21. The average molecular weight is 530 g/mol. The number of carbonyl (C=O) groups excluding carboxylic acids is 1. The number of aromatic nitrogens is 2. The first kappa shape index (κ1) is 26.3. The predicted molar refractivity (Wildman–Crippen MR) is 153 cm³/mol. The molecular formula is C32H36ClN3O2. The first-order valence-electron chi connectivity index (χ1n) is 13.6. The zero-order valence-electron chi connectivity index (χ0n) is 22.3. The van der Waals surface area contributed by atoms with Crippen LogP contribution in [0.4, 0.5) is 0 Å². The lowest BCUT2D eigenvalue weighted by Crippen LogP contribution is -2.43. The number of hydrogen-bond donors (Lipinski definition) is 0. The quantitative estimate of drug-likeness (QED) is 0.232. The van der Waals surface area contributed by atoms with Crippen molar-refractivity contribution in [1.82, 2.24) is 14.5 Å². The third-order valence-electron chi connectivity index (χ3n) is 7.65. The summed E-state index contributed by atoms with van der Waals surface area (Å²) in [5, 5.41) is 0.680. The van der Waals surface area contributed by atoms with Crippen LogP contribution in [0.25, 0.3) is 11.0 Å². The zero-order chi connectivity index (χ0) is 26.5. The predicted octanol–water partition coefficient (Wildman–Crippen LogP) is 7.08. The molecule has 1 amide bonds. The Hall–Kier alpha value is -3.31. The zero-order valence-corrected chi connectivity index (χ0v) is 23.0. The molecule has 1 saturated heterocycles. The van der Waals surface area contributed by atoms with Crippen molar-refractivity contribution in [2.45, 2.75) is 52.7 Å². The number of halogens is 1. The van der Waals surface area contributed by atoms with Crippen LogP contribution in [0.15, 0.2) is 72.8 Å². The van der Waals surface area contributed by atoms with Crippen LogP contribution >= 0.6 is 11.6 Å². The lowest BCUT2D eigenvalue weighted by atomic mass is 9.90. The molecule has 0 aliphatic carbocycles. The molecule has 0 radical (unpaired) electrons. The molecule has 5 nitrogen and oxygen atoms in total. The van der Waals surface area contributed by atoms with E-state index in [9.17, 15) is 4.79 Å². The van der Waals surface area contributed by atoms with E-state index in [0.717, 1.165) is 60.5 Å². The first-order chi connectivity index (χ1) is 18.5. The van der Waals surface area contributed by atoms with E-state index in [-0.39, 0.29) is 11.8 Å². The molecule has 6 heteroatoms. The van der Waals surface area contributed by atoms with Gasteiger partial charge in [0.15, 0.2) is 0 Å². The fourth-order valence-electron chi connectivity index (χ4n) is 5.51. The molecule has 2 atom stereocenters. The molecule has 4 aromatic rings. The van der Waals surface area contributed by atoms with Crippen LogP contribution in [-0.2, 0) is 24.4 Å². The molecule has 198 valence electrons. The Labute approximate surface area is 230 Å². The highest BCUT2D eigenvalue weighted by atomic mass is 35.5. The Morgan fingerprint density at radius 3 is 2.66 bits per heavy atom. The van der Waals surface area contributed by atoms with Gasteiger partial charge in [-0.25, -0.2) is 4.98 Å². The topological polar surface area (TPSA) is 47.4 Å². The minimum absolute atomic E-state index is 0.0576. The molecule has 1 aliphatic heterocycles. The number of piperidine rings is 1. The molecular weight excluding hydrogens is 494 g/mol. The molecule has 0 N–H and O–H groups in total. The van der Waals surface area contributed by atoms with Crippen LogP contribution in [0, 0.1) is 18.8 Å². The van der Waals surface area contributed by atoms with Crippen molar-refractivity contribution in [2.75, 3.05) is 13.1 Å². The molecule has 5 rings (SSSR count). The summed E-state index contributed by atoms with van der Waals surface area (Å²) in [7, 11) is 0. The normalized spacial score (nSPS) is 16.5. The summed E-state index contributed by atoms with van der Waals surface area (Å²) in [6, 6.07) is 24.3. The van der Waals surface area contributed by atoms with Crippen LogP contribution in [0.1, 0.15) is 43.1 Å². The number of likely N-dealkylation sites (tertiary alicyclic amines) is 1. The van der Waals surface area contributed by atoms with Gasteiger partial charge < -0.3 is 14.2 Å². The van der Waals surface area contributed by atoms with Crippen molar-refractivity contribution in [2.24, 2.45) is 11.8 Å². The minimum atomic E-state index is -0.0576. The molecule has 38 heavy (non-hydrogen) atoms. The Balaban J connectivity index is 1.25. The third-order valence-corrected chi connectivity index (χ3v) is 7.90. The van der Waals surface area contributed by atoms with E-state index in [4.69, 9.17) is 21.3 Å². The van der Waals surface area contributed by atoms with E-state index in [2.05, 4.69) is 71.8 Å². The van der Waals surface area contributed by atoms with Gasteiger partial charge >= 0.3 is 0 Å². The Morgan fingerprint density at radius 2 is 1.87 bits per heavy atom. The number of fused-ring (bicyclic) bond motifs is 1. The molecule has 0 saturated carbocycles. The smallest absolute Gasteiger partial charge is 0.225 e. The molecule has 1 aromatic heterocycles. The number of hydrogen-bond acceptors (Lipinski definition) is 3. The van der Waals surface area contributed by atoms with Crippen LogP contribution < -0.4 is 4.74 Å². The van der Waals surface area contributed by atoms with E-state index in [1.165, 1.54) is 12.0 Å². The van der Waals surface area contributed by atoms with Crippen molar-refractivity contribution >= 4 is 28.5 Å². The van der Waals surface area contributed by atoms with Gasteiger partial charge in [-0.15, -0.1) is 0 Å². The van der Waals surface area contributed by atoms with Crippen molar-refractivity contribution < 1.29 is 9.53 Å². The van der Waals surface area contributed by atoms with Gasteiger partial charge in [-0.2, -0.15) is 0 Å². The standard InChI is InChI=1S/C32H36ClN3O2/c1-23-8-6-12-29-31(23)34-30(22-38-28-15-13-27(33)14-16-28)36(29)19-17-24(2)32(37)35-18-7-11-26(21-35)20-25-9-4-3-5-10-25/h3-6,8-10,12-16,24,26H,7,11,17-22H2,1-2H3. The van der Waals surface area contributed by atoms with Crippen molar-refractivity contribution in [3.8, 4) is 5.75 Å². The van der Waals surface area contributed by atoms with Crippen LogP contribution in [-0.4, -0.2) is 33.4 Å². The molecule has 2 unspecified atom stereocenters. The van der Waals surface area contributed by atoms with E-state index in [0.29, 0.717) is 24.1 Å². The second-order valence-corrected chi connectivity index (χ2v) is 11.0. The monoisotopic (exact) mass is 529 g/mol. The van der Waals surface area contributed by atoms with E-state index in [1.54, 1.807) is 0 Å². The van der Waals surface area contributed by atoms with Crippen molar-refractivity contribution in [3.05, 3.63) is 94.8 Å². The SMILES string of the molecule is Cc1cccc2c1nc(COc1ccc(Cl)cc1)n2CCC(C)C(=O)N1CCCC(Cc2ccccc2)C1. The molecule has 2 heterocycles. The second kappa shape index (κ2) is 12.0. The highest BCUT2D eigenvalue weighted by Gasteiger charge is 2.27. The van der Waals surface area contributed by atoms with Gasteiger partial charge in [0.1, 0.15) is 18.2 Å². The second-order valence-electron chi connectivity index (χ2n) is 10.5. The van der Waals surface area contributed by atoms with Gasteiger partial charge in [-0.3, -0.25) is 4.79 Å². The maximum atomic E-state index is 13.5. The number of imidazole rings is 1. The Morgan fingerprint density at radius 1 is 1.08 bits per heavy atom. The Bertz CT molecular complexity index is 1370. The number of ether oxygens (including phenoxy) is 1. The number of nitrogens with zero attached hydrogens (tertiary/aromatic N) is 3. The maximum Gasteiger partial charge on any atom is 0.225 e. The highest BCUT2D eigenvalue weighted by molar-refractivity contribution is 6.30. The number of para-hydroxylation sites is 1. The van der Waals surface area contributed by atoms with Crippen molar-refractivity contribution in [1.29, 1.82) is 0 Å². The summed E-state index contributed by atoms with van der Waals surface area (Å²) in [6.45, 7) is 6.93. The fourth-order valence-corrected chi connectivity index (χ4v) is 5.64. The van der Waals surface area contributed by atoms with E-state index >= 15 is 0 Å². The highest BCUT2D eigenvalue weighted by Crippen LogP contribution is 2.25. The minimum Gasteiger partial charge on any atom is -0.486 e. The maximum absolute atomic E-state index is 13.5. The molecule has 1 fully saturated rings. The van der Waals surface area contributed by atoms with E-state index < -0.39 is 0 Å². The number of amides is 1. The van der Waals surface area contributed by atoms with Gasteiger partial charge in [-0.05, 0) is 80.0 Å². The van der Waals surface area contributed by atoms with Gasteiger partial charge in [0, 0.05) is 30.6 Å². The van der Waals surface area contributed by atoms with Gasteiger partial charge in [0.25, 0.3) is 0 Å². The molecule has 1 aliphatic rings. The van der Waals surface area contributed by atoms with Crippen molar-refractivity contribution in [3.63, 3.8) is 0 Å². The van der Waals surface area contributed by atoms with Gasteiger partial charge in [0.05, 0.1) is 11.0 Å². The van der Waals surface area contributed by atoms with Crippen LogP contribution in [0.3, 0.4) is 0 Å². The van der Waals surface area contributed by atoms with Gasteiger partial charge in [0.2, 0.25) is 5.91 Å². The van der Waals surface area contributed by atoms with Gasteiger partial charge in [-0.1, -0.05) is 61.0 Å². The Kier molecular flexibility index (Phi) is 8.33. The lowest BCUT2D eigenvalue weighted by Gasteiger charge is -2.34. The number of rotatable bonds is 9. The summed E-state index contributed by atoms with van der Waals surface area (Å²) >= 11 is 6.02. The largest absolute Gasteiger partial charge is 0.486 e. The molecule has 0 spiro atoms.